The Morgan fingerprint density at radius 1 is 0.781 bits per heavy atom. The quantitative estimate of drug-likeness (QED) is 0.413. The van der Waals surface area contributed by atoms with E-state index in [4.69, 9.17) is 4.74 Å². The highest BCUT2D eigenvalue weighted by atomic mass is 32.2. The summed E-state index contributed by atoms with van der Waals surface area (Å²) in [7, 11) is -3.69. The SMILES string of the molecule is O=S(=O)(c1ccc2ccccc2c1)N1Cc2ccccc2CC1COCc1ccccc1. The largest absolute Gasteiger partial charge is 0.375 e. The highest BCUT2D eigenvalue weighted by molar-refractivity contribution is 7.89. The smallest absolute Gasteiger partial charge is 0.243 e. The lowest BCUT2D eigenvalue weighted by Crippen LogP contribution is -2.46. The van der Waals surface area contributed by atoms with Crippen LogP contribution in [0.4, 0.5) is 0 Å². The summed E-state index contributed by atoms with van der Waals surface area (Å²) in [5, 5.41) is 1.95. The fraction of sp³-hybridized carbons (Fsp3) is 0.185. The Balaban J connectivity index is 1.44. The summed E-state index contributed by atoms with van der Waals surface area (Å²) in [6.45, 7) is 1.16. The van der Waals surface area contributed by atoms with Gasteiger partial charge in [0.2, 0.25) is 10.0 Å². The Bertz CT molecular complexity index is 1340. The Labute approximate surface area is 189 Å². The summed E-state index contributed by atoms with van der Waals surface area (Å²) in [4.78, 5) is 0.323. The number of hydrogen-bond donors (Lipinski definition) is 0. The fourth-order valence-electron chi connectivity index (χ4n) is 4.34. The molecule has 0 fully saturated rings. The second-order valence-corrected chi connectivity index (χ2v) is 10.1. The molecule has 5 heteroatoms. The van der Waals surface area contributed by atoms with Crippen LogP contribution in [0.5, 0.6) is 0 Å². The van der Waals surface area contributed by atoms with Crippen molar-refractivity contribution in [1.29, 1.82) is 0 Å². The van der Waals surface area contributed by atoms with Gasteiger partial charge in [-0.15, -0.1) is 0 Å². The van der Waals surface area contributed by atoms with E-state index >= 15 is 0 Å². The minimum Gasteiger partial charge on any atom is -0.375 e. The van der Waals surface area contributed by atoms with Crippen molar-refractivity contribution in [1.82, 2.24) is 4.31 Å². The predicted octanol–water partition coefficient (Wildman–Crippen LogP) is 5.17. The molecule has 0 amide bonds. The minimum atomic E-state index is -3.69. The zero-order chi connectivity index (χ0) is 22.0. The van der Waals surface area contributed by atoms with Crippen LogP contribution < -0.4 is 0 Å². The third kappa shape index (κ3) is 4.19. The number of hydrogen-bond acceptors (Lipinski definition) is 3. The lowest BCUT2D eigenvalue weighted by atomic mass is 9.96. The molecule has 0 radical (unpaired) electrons. The molecule has 0 spiro atoms. The van der Waals surface area contributed by atoms with Gasteiger partial charge in [0.25, 0.3) is 0 Å². The normalized spacial score (nSPS) is 16.7. The van der Waals surface area contributed by atoms with E-state index in [1.807, 2.05) is 78.9 Å². The van der Waals surface area contributed by atoms with E-state index in [0.717, 1.165) is 21.9 Å². The average molecular weight is 444 g/mol. The Kier molecular flexibility index (Phi) is 5.79. The van der Waals surface area contributed by atoms with Crippen molar-refractivity contribution in [3.63, 3.8) is 0 Å². The fourth-order valence-corrected chi connectivity index (χ4v) is 5.96. The molecule has 1 atom stereocenters. The van der Waals surface area contributed by atoms with Gasteiger partial charge in [-0.1, -0.05) is 84.9 Å². The van der Waals surface area contributed by atoms with Crippen LogP contribution in [0, 0.1) is 0 Å². The van der Waals surface area contributed by atoms with Crippen LogP contribution in [0.15, 0.2) is 102 Å². The molecule has 1 heterocycles. The van der Waals surface area contributed by atoms with Crippen molar-refractivity contribution in [2.75, 3.05) is 6.61 Å². The molecule has 5 rings (SSSR count). The van der Waals surface area contributed by atoms with Gasteiger partial charge in [-0.25, -0.2) is 8.42 Å². The molecule has 162 valence electrons. The standard InChI is InChI=1S/C27H25NO3S/c29-32(30,27-15-14-22-10-4-5-12-24(22)17-27)28-18-25-13-7-6-11-23(25)16-26(28)20-31-19-21-8-2-1-3-9-21/h1-15,17,26H,16,18-20H2. The molecular weight excluding hydrogens is 418 g/mol. The number of benzene rings is 4. The summed E-state index contributed by atoms with van der Waals surface area (Å²) in [6, 6.07) is 30.9. The zero-order valence-electron chi connectivity index (χ0n) is 17.7. The molecule has 4 aromatic carbocycles. The number of nitrogens with zero attached hydrogens (tertiary/aromatic N) is 1. The summed E-state index contributed by atoms with van der Waals surface area (Å²) in [6.07, 6.45) is 0.637. The summed E-state index contributed by atoms with van der Waals surface area (Å²) >= 11 is 0. The molecule has 0 aromatic heterocycles. The van der Waals surface area contributed by atoms with E-state index in [0.29, 0.717) is 31.1 Å². The van der Waals surface area contributed by atoms with Crippen LogP contribution in [0.3, 0.4) is 0 Å². The van der Waals surface area contributed by atoms with Crippen LogP contribution in [-0.4, -0.2) is 25.4 Å². The van der Waals surface area contributed by atoms with Crippen molar-refractivity contribution >= 4 is 20.8 Å². The van der Waals surface area contributed by atoms with Crippen LogP contribution in [0.25, 0.3) is 10.8 Å². The number of sulfonamides is 1. The van der Waals surface area contributed by atoms with E-state index in [2.05, 4.69) is 6.07 Å². The predicted molar refractivity (Wildman–Crippen MR) is 127 cm³/mol. The van der Waals surface area contributed by atoms with Gasteiger partial charge < -0.3 is 4.74 Å². The van der Waals surface area contributed by atoms with Gasteiger partial charge in [-0.05, 0) is 46.0 Å². The molecule has 1 aliphatic rings. The molecule has 0 N–H and O–H groups in total. The molecular formula is C27H25NO3S. The van der Waals surface area contributed by atoms with E-state index in [1.165, 1.54) is 5.56 Å². The summed E-state index contributed by atoms with van der Waals surface area (Å²) in [5.41, 5.74) is 3.31. The molecule has 1 aliphatic heterocycles. The van der Waals surface area contributed by atoms with Gasteiger partial charge in [0.05, 0.1) is 24.2 Å². The van der Waals surface area contributed by atoms with Gasteiger partial charge in [0.15, 0.2) is 0 Å². The van der Waals surface area contributed by atoms with Crippen LogP contribution in [0.2, 0.25) is 0 Å². The third-order valence-corrected chi connectivity index (χ3v) is 7.95. The first kappa shape index (κ1) is 20.9. The molecule has 0 bridgehead atoms. The Morgan fingerprint density at radius 2 is 1.47 bits per heavy atom. The van der Waals surface area contributed by atoms with Crippen LogP contribution in [0.1, 0.15) is 16.7 Å². The summed E-state index contributed by atoms with van der Waals surface area (Å²) in [5.74, 6) is 0. The second kappa shape index (κ2) is 8.87. The van der Waals surface area contributed by atoms with Crippen molar-refractivity contribution < 1.29 is 13.2 Å². The van der Waals surface area contributed by atoms with E-state index in [9.17, 15) is 8.42 Å². The Hall–Kier alpha value is -2.99. The van der Waals surface area contributed by atoms with Gasteiger partial charge in [-0.2, -0.15) is 4.31 Å². The average Bonchev–Trinajstić information content (AvgIpc) is 2.84. The molecule has 4 nitrogen and oxygen atoms in total. The first-order valence-corrected chi connectivity index (χ1v) is 12.2. The molecule has 32 heavy (non-hydrogen) atoms. The van der Waals surface area contributed by atoms with Crippen molar-refractivity contribution in [3.8, 4) is 0 Å². The number of fused-ring (bicyclic) bond motifs is 2. The monoisotopic (exact) mass is 443 g/mol. The molecule has 0 saturated carbocycles. The lowest BCUT2D eigenvalue weighted by Gasteiger charge is -2.36. The van der Waals surface area contributed by atoms with Gasteiger partial charge in [0.1, 0.15) is 0 Å². The maximum Gasteiger partial charge on any atom is 0.243 e. The van der Waals surface area contributed by atoms with Crippen molar-refractivity contribution in [2.24, 2.45) is 0 Å². The number of rotatable bonds is 6. The highest BCUT2D eigenvalue weighted by Crippen LogP contribution is 2.30. The molecule has 4 aromatic rings. The highest BCUT2D eigenvalue weighted by Gasteiger charge is 2.35. The first-order chi connectivity index (χ1) is 15.6. The van der Waals surface area contributed by atoms with E-state index in [-0.39, 0.29) is 6.04 Å². The maximum absolute atomic E-state index is 13.8. The lowest BCUT2D eigenvalue weighted by molar-refractivity contribution is 0.0720. The van der Waals surface area contributed by atoms with Crippen molar-refractivity contribution in [3.05, 3.63) is 114 Å². The maximum atomic E-state index is 13.8. The molecule has 1 unspecified atom stereocenters. The number of ether oxygens (including phenoxy) is 1. The molecule has 0 saturated heterocycles. The van der Waals surface area contributed by atoms with Crippen molar-refractivity contribution in [2.45, 2.75) is 30.5 Å². The van der Waals surface area contributed by atoms with E-state index in [1.54, 1.807) is 16.4 Å². The minimum absolute atomic E-state index is 0.259. The van der Waals surface area contributed by atoms with Crippen LogP contribution in [-0.2, 0) is 34.3 Å². The first-order valence-electron chi connectivity index (χ1n) is 10.8. The summed E-state index contributed by atoms with van der Waals surface area (Å²) < 4.78 is 35.1. The molecule has 0 aliphatic carbocycles. The van der Waals surface area contributed by atoms with Gasteiger partial charge in [0, 0.05) is 6.54 Å². The van der Waals surface area contributed by atoms with Gasteiger partial charge >= 0.3 is 0 Å². The second-order valence-electron chi connectivity index (χ2n) is 8.19. The van der Waals surface area contributed by atoms with Gasteiger partial charge in [-0.3, -0.25) is 0 Å². The topological polar surface area (TPSA) is 46.6 Å². The zero-order valence-corrected chi connectivity index (χ0v) is 18.5. The third-order valence-electron chi connectivity index (χ3n) is 6.06. The van der Waals surface area contributed by atoms with E-state index < -0.39 is 10.0 Å². The van der Waals surface area contributed by atoms with Crippen LogP contribution >= 0.6 is 0 Å². The Morgan fingerprint density at radius 3 is 2.28 bits per heavy atom.